The van der Waals surface area contributed by atoms with E-state index in [4.69, 9.17) is 4.74 Å². The van der Waals surface area contributed by atoms with Gasteiger partial charge < -0.3 is 4.74 Å². The molecule has 0 unspecified atom stereocenters. The van der Waals surface area contributed by atoms with Gasteiger partial charge in [-0.3, -0.25) is 9.48 Å². The van der Waals surface area contributed by atoms with Crippen LogP contribution in [-0.2, 0) is 13.7 Å². The maximum atomic E-state index is 13.1. The van der Waals surface area contributed by atoms with Crippen LogP contribution in [0.1, 0.15) is 15.9 Å². The molecule has 2 aromatic rings. The van der Waals surface area contributed by atoms with Crippen LogP contribution in [0, 0.1) is 5.82 Å². The Morgan fingerprint density at radius 1 is 1.47 bits per heavy atom. The number of benzene rings is 1. The molecule has 0 amide bonds. The van der Waals surface area contributed by atoms with Gasteiger partial charge in [0.2, 0.25) is 0 Å². The molecule has 0 bridgehead atoms. The summed E-state index contributed by atoms with van der Waals surface area (Å²) < 4.78 is 20.1. The summed E-state index contributed by atoms with van der Waals surface area (Å²) in [5.74, 6) is -0.160. The highest BCUT2D eigenvalue weighted by Gasteiger charge is 2.02. The third-order valence-corrected chi connectivity index (χ3v) is 2.19. The topological polar surface area (TPSA) is 44.1 Å². The normalized spacial score (nSPS) is 10.2. The maximum Gasteiger partial charge on any atom is 0.150 e. The maximum absolute atomic E-state index is 13.1. The average Bonchev–Trinajstić information content (AvgIpc) is 2.72. The van der Waals surface area contributed by atoms with E-state index in [-0.39, 0.29) is 12.2 Å². The summed E-state index contributed by atoms with van der Waals surface area (Å²) in [6, 6.07) is 3.89. The number of rotatable bonds is 4. The molecule has 0 spiro atoms. The standard InChI is InChI=1S/C12H11FN2O2/c1-15-6-10(5-14-15)8-17-12-3-9(7-16)2-11(13)4-12/h2-7H,8H2,1H3. The molecule has 0 aliphatic rings. The minimum Gasteiger partial charge on any atom is -0.489 e. The molecule has 0 saturated heterocycles. The first-order chi connectivity index (χ1) is 8.17. The van der Waals surface area contributed by atoms with Crippen LogP contribution in [0.5, 0.6) is 5.75 Å². The summed E-state index contributed by atoms with van der Waals surface area (Å²) in [5, 5.41) is 3.99. The third-order valence-electron chi connectivity index (χ3n) is 2.19. The molecule has 1 aromatic heterocycles. The summed E-state index contributed by atoms with van der Waals surface area (Å²) in [7, 11) is 1.80. The second-order valence-electron chi connectivity index (χ2n) is 3.65. The van der Waals surface area contributed by atoms with Crippen molar-refractivity contribution in [2.24, 2.45) is 7.05 Å². The van der Waals surface area contributed by atoms with Crippen LogP contribution in [0.25, 0.3) is 0 Å². The molecule has 0 atom stereocenters. The predicted octanol–water partition coefficient (Wildman–Crippen LogP) is 1.95. The zero-order valence-electron chi connectivity index (χ0n) is 9.26. The number of ether oxygens (including phenoxy) is 1. The highest BCUT2D eigenvalue weighted by Crippen LogP contribution is 2.16. The fourth-order valence-corrected chi connectivity index (χ4v) is 1.45. The molecule has 0 N–H and O–H groups in total. The smallest absolute Gasteiger partial charge is 0.150 e. The quantitative estimate of drug-likeness (QED) is 0.759. The van der Waals surface area contributed by atoms with Gasteiger partial charge in [-0.15, -0.1) is 0 Å². The lowest BCUT2D eigenvalue weighted by Crippen LogP contribution is -1.96. The van der Waals surface area contributed by atoms with Crippen molar-refractivity contribution in [2.75, 3.05) is 0 Å². The summed E-state index contributed by atoms with van der Waals surface area (Å²) in [5.41, 5.74) is 1.13. The lowest BCUT2D eigenvalue weighted by molar-refractivity contribution is 0.112. The van der Waals surface area contributed by atoms with Crippen molar-refractivity contribution in [3.8, 4) is 5.75 Å². The summed E-state index contributed by atoms with van der Waals surface area (Å²) in [4.78, 5) is 10.6. The Kier molecular flexibility index (Phi) is 3.18. The van der Waals surface area contributed by atoms with Crippen LogP contribution in [0.15, 0.2) is 30.6 Å². The Hall–Kier alpha value is -2.17. The predicted molar refractivity (Wildman–Crippen MR) is 59.3 cm³/mol. The van der Waals surface area contributed by atoms with Crippen LogP contribution < -0.4 is 4.74 Å². The van der Waals surface area contributed by atoms with Crippen LogP contribution in [-0.4, -0.2) is 16.1 Å². The number of hydrogen-bond donors (Lipinski definition) is 0. The summed E-state index contributed by atoms with van der Waals surface area (Å²) in [6.45, 7) is 0.287. The largest absolute Gasteiger partial charge is 0.489 e. The van der Waals surface area contributed by atoms with Gasteiger partial charge in [0.05, 0.1) is 6.20 Å². The SMILES string of the molecule is Cn1cc(COc2cc(F)cc(C=O)c2)cn1. The number of nitrogens with zero attached hydrogens (tertiary/aromatic N) is 2. The number of hydrogen-bond acceptors (Lipinski definition) is 3. The number of halogens is 1. The van der Waals surface area contributed by atoms with E-state index in [9.17, 15) is 9.18 Å². The molecule has 17 heavy (non-hydrogen) atoms. The molecule has 0 aliphatic heterocycles. The first-order valence-corrected chi connectivity index (χ1v) is 5.03. The van der Waals surface area contributed by atoms with Crippen molar-refractivity contribution < 1.29 is 13.9 Å². The third kappa shape index (κ3) is 2.90. The minimum atomic E-state index is -0.490. The van der Waals surface area contributed by atoms with E-state index in [1.165, 1.54) is 12.1 Å². The average molecular weight is 234 g/mol. The Balaban J connectivity index is 2.08. The number of carbonyl (C=O) groups is 1. The molecule has 4 nitrogen and oxygen atoms in total. The van der Waals surface area contributed by atoms with Gasteiger partial charge in [-0.25, -0.2) is 4.39 Å². The molecule has 2 rings (SSSR count). The van der Waals surface area contributed by atoms with Crippen LogP contribution in [0.2, 0.25) is 0 Å². The fraction of sp³-hybridized carbons (Fsp3) is 0.167. The highest BCUT2D eigenvalue weighted by atomic mass is 19.1. The van der Waals surface area contributed by atoms with Crippen molar-refractivity contribution in [1.29, 1.82) is 0 Å². The van der Waals surface area contributed by atoms with Crippen molar-refractivity contribution in [3.05, 3.63) is 47.5 Å². The van der Waals surface area contributed by atoms with Gasteiger partial charge in [0.25, 0.3) is 0 Å². The zero-order chi connectivity index (χ0) is 12.3. The van der Waals surface area contributed by atoms with Crippen molar-refractivity contribution >= 4 is 6.29 Å². The van der Waals surface area contributed by atoms with E-state index >= 15 is 0 Å². The number of aldehydes is 1. The van der Waals surface area contributed by atoms with Crippen molar-refractivity contribution in [1.82, 2.24) is 9.78 Å². The first-order valence-electron chi connectivity index (χ1n) is 5.03. The fourth-order valence-electron chi connectivity index (χ4n) is 1.45. The van der Waals surface area contributed by atoms with E-state index < -0.39 is 5.82 Å². The lowest BCUT2D eigenvalue weighted by Gasteiger charge is -2.05. The van der Waals surface area contributed by atoms with Gasteiger partial charge in [-0.1, -0.05) is 0 Å². The Bertz CT molecular complexity index is 537. The second-order valence-corrected chi connectivity index (χ2v) is 3.65. The monoisotopic (exact) mass is 234 g/mol. The Morgan fingerprint density at radius 3 is 2.94 bits per heavy atom. The van der Waals surface area contributed by atoms with E-state index in [0.29, 0.717) is 12.0 Å². The summed E-state index contributed by atoms with van der Waals surface area (Å²) in [6.07, 6.45) is 4.06. The number of carbonyl (C=O) groups excluding carboxylic acids is 1. The molecule has 0 saturated carbocycles. The van der Waals surface area contributed by atoms with Gasteiger partial charge in [-0.05, 0) is 12.1 Å². The van der Waals surface area contributed by atoms with E-state index in [1.807, 2.05) is 0 Å². The number of aryl methyl sites for hydroxylation is 1. The van der Waals surface area contributed by atoms with Gasteiger partial charge in [0, 0.05) is 30.4 Å². The molecule has 1 aromatic carbocycles. The van der Waals surface area contributed by atoms with Gasteiger partial charge in [-0.2, -0.15) is 5.10 Å². The van der Waals surface area contributed by atoms with E-state index in [0.717, 1.165) is 11.6 Å². The molecular weight excluding hydrogens is 223 g/mol. The summed E-state index contributed by atoms with van der Waals surface area (Å²) >= 11 is 0. The van der Waals surface area contributed by atoms with Crippen LogP contribution >= 0.6 is 0 Å². The van der Waals surface area contributed by atoms with Gasteiger partial charge in [0.15, 0.2) is 0 Å². The van der Waals surface area contributed by atoms with Crippen molar-refractivity contribution in [2.45, 2.75) is 6.61 Å². The van der Waals surface area contributed by atoms with E-state index in [1.54, 1.807) is 24.1 Å². The lowest BCUT2D eigenvalue weighted by atomic mass is 10.2. The molecule has 0 fully saturated rings. The molecule has 5 heteroatoms. The van der Waals surface area contributed by atoms with Gasteiger partial charge >= 0.3 is 0 Å². The molecule has 0 radical (unpaired) electrons. The van der Waals surface area contributed by atoms with E-state index in [2.05, 4.69) is 5.10 Å². The molecule has 0 aliphatic carbocycles. The zero-order valence-corrected chi connectivity index (χ0v) is 9.26. The molecule has 1 heterocycles. The highest BCUT2D eigenvalue weighted by molar-refractivity contribution is 5.75. The van der Waals surface area contributed by atoms with Crippen LogP contribution in [0.3, 0.4) is 0 Å². The Morgan fingerprint density at radius 2 is 2.29 bits per heavy atom. The number of aromatic nitrogens is 2. The molecular formula is C12H11FN2O2. The Labute approximate surface area is 97.6 Å². The molecule has 88 valence electrons. The minimum absolute atomic E-state index is 0.256. The first kappa shape index (κ1) is 11.3. The van der Waals surface area contributed by atoms with Crippen LogP contribution in [0.4, 0.5) is 4.39 Å². The van der Waals surface area contributed by atoms with Gasteiger partial charge in [0.1, 0.15) is 24.5 Å². The van der Waals surface area contributed by atoms with Crippen molar-refractivity contribution in [3.63, 3.8) is 0 Å². The second kappa shape index (κ2) is 4.78.